The van der Waals surface area contributed by atoms with Crippen LogP contribution < -0.4 is 10.6 Å². The molecule has 1 amide bonds. The van der Waals surface area contributed by atoms with E-state index in [0.717, 1.165) is 15.7 Å². The van der Waals surface area contributed by atoms with Gasteiger partial charge in [-0.15, -0.1) is 0 Å². The molecule has 0 aliphatic heterocycles. The van der Waals surface area contributed by atoms with Gasteiger partial charge in [0.15, 0.2) is 0 Å². The van der Waals surface area contributed by atoms with E-state index in [-0.39, 0.29) is 18.1 Å². The van der Waals surface area contributed by atoms with E-state index in [9.17, 15) is 14.9 Å². The maximum absolute atomic E-state index is 11.9. The van der Waals surface area contributed by atoms with Gasteiger partial charge >= 0.3 is 0 Å². The van der Waals surface area contributed by atoms with Crippen molar-refractivity contribution in [1.29, 1.82) is 0 Å². The molecule has 0 radical (unpaired) electrons. The van der Waals surface area contributed by atoms with Crippen molar-refractivity contribution in [2.45, 2.75) is 6.92 Å². The lowest BCUT2D eigenvalue weighted by molar-refractivity contribution is -0.384. The normalized spacial score (nSPS) is 10.1. The second-order valence-corrected chi connectivity index (χ2v) is 5.58. The minimum absolute atomic E-state index is 0.0143. The fourth-order valence-corrected chi connectivity index (χ4v) is 2.32. The third kappa shape index (κ3) is 4.29. The van der Waals surface area contributed by atoms with Crippen molar-refractivity contribution in [3.63, 3.8) is 0 Å². The Balaban J connectivity index is 1.91. The number of hydrogen-bond acceptors (Lipinski definition) is 4. The Hall–Kier alpha value is -2.41. The van der Waals surface area contributed by atoms with Crippen LogP contribution in [0.1, 0.15) is 5.56 Å². The number of non-ortho nitro benzene ring substituents is 1. The molecule has 0 fully saturated rings. The number of carbonyl (C=O) groups is 1. The van der Waals surface area contributed by atoms with Crippen LogP contribution in [0.25, 0.3) is 0 Å². The number of nitrogens with one attached hydrogen (secondary N) is 2. The second kappa shape index (κ2) is 7.04. The Kier molecular flexibility index (Phi) is 5.11. The van der Waals surface area contributed by atoms with Crippen LogP contribution in [0.2, 0.25) is 0 Å². The van der Waals surface area contributed by atoms with Crippen LogP contribution in [0.3, 0.4) is 0 Å². The van der Waals surface area contributed by atoms with E-state index in [4.69, 9.17) is 0 Å². The Labute approximate surface area is 135 Å². The molecule has 0 bridgehead atoms. The summed E-state index contributed by atoms with van der Waals surface area (Å²) >= 11 is 3.37. The van der Waals surface area contributed by atoms with Gasteiger partial charge in [-0.3, -0.25) is 14.9 Å². The lowest BCUT2D eigenvalue weighted by atomic mass is 10.2. The Bertz CT molecular complexity index is 702. The summed E-state index contributed by atoms with van der Waals surface area (Å²) in [6.45, 7) is 1.98. The van der Waals surface area contributed by atoms with Crippen molar-refractivity contribution >= 4 is 38.9 Å². The highest BCUT2D eigenvalue weighted by atomic mass is 79.9. The third-order valence-electron chi connectivity index (χ3n) is 2.99. The van der Waals surface area contributed by atoms with Crippen LogP contribution in [-0.4, -0.2) is 17.4 Å². The van der Waals surface area contributed by atoms with Gasteiger partial charge in [0.2, 0.25) is 5.91 Å². The third-order valence-corrected chi connectivity index (χ3v) is 3.49. The molecular weight excluding hydrogens is 350 g/mol. The van der Waals surface area contributed by atoms with E-state index in [0.29, 0.717) is 5.69 Å². The lowest BCUT2D eigenvalue weighted by Crippen LogP contribution is -2.22. The first-order valence-corrected chi connectivity index (χ1v) is 7.29. The first-order chi connectivity index (χ1) is 10.5. The predicted molar refractivity (Wildman–Crippen MR) is 89.1 cm³/mol. The van der Waals surface area contributed by atoms with Gasteiger partial charge in [0.05, 0.1) is 11.5 Å². The van der Waals surface area contributed by atoms with E-state index >= 15 is 0 Å². The van der Waals surface area contributed by atoms with Gasteiger partial charge in [0.1, 0.15) is 0 Å². The number of halogens is 1. The zero-order chi connectivity index (χ0) is 16.1. The fourth-order valence-electron chi connectivity index (χ4n) is 1.85. The molecule has 0 saturated heterocycles. The van der Waals surface area contributed by atoms with Gasteiger partial charge < -0.3 is 10.6 Å². The van der Waals surface area contributed by atoms with E-state index < -0.39 is 4.92 Å². The number of nitro groups is 1. The molecule has 0 spiro atoms. The molecule has 0 aliphatic carbocycles. The standard InChI is InChI=1S/C15H14BrN3O3/c1-10-8-11(16)2-7-14(10)18-15(20)9-17-12-3-5-13(6-4-12)19(21)22/h2-8,17H,9H2,1H3,(H,18,20). The average Bonchev–Trinajstić information content (AvgIpc) is 2.48. The number of carbonyl (C=O) groups excluding carboxylic acids is 1. The topological polar surface area (TPSA) is 84.3 Å². The monoisotopic (exact) mass is 363 g/mol. The molecule has 0 aliphatic rings. The van der Waals surface area contributed by atoms with E-state index in [1.807, 2.05) is 25.1 Å². The van der Waals surface area contributed by atoms with Gasteiger partial charge in [-0.05, 0) is 42.8 Å². The van der Waals surface area contributed by atoms with E-state index in [1.165, 1.54) is 12.1 Å². The molecule has 2 aromatic carbocycles. The number of rotatable bonds is 5. The lowest BCUT2D eigenvalue weighted by Gasteiger charge is -2.10. The highest BCUT2D eigenvalue weighted by molar-refractivity contribution is 9.10. The predicted octanol–water partition coefficient (Wildman–Crippen LogP) is 3.72. The second-order valence-electron chi connectivity index (χ2n) is 4.66. The summed E-state index contributed by atoms with van der Waals surface area (Å²) in [6, 6.07) is 11.5. The summed E-state index contributed by atoms with van der Waals surface area (Å²) in [5, 5.41) is 16.3. The number of aryl methyl sites for hydroxylation is 1. The van der Waals surface area contributed by atoms with Crippen molar-refractivity contribution < 1.29 is 9.72 Å². The molecule has 2 N–H and O–H groups in total. The summed E-state index contributed by atoms with van der Waals surface area (Å²) in [5.41, 5.74) is 2.37. The van der Waals surface area contributed by atoms with Gasteiger partial charge in [0, 0.05) is 28.0 Å². The van der Waals surface area contributed by atoms with Crippen molar-refractivity contribution in [3.8, 4) is 0 Å². The van der Waals surface area contributed by atoms with Gasteiger partial charge in [-0.25, -0.2) is 0 Å². The minimum Gasteiger partial charge on any atom is -0.376 e. The molecular formula is C15H14BrN3O3. The highest BCUT2D eigenvalue weighted by Crippen LogP contribution is 2.20. The van der Waals surface area contributed by atoms with E-state index in [2.05, 4.69) is 26.6 Å². The smallest absolute Gasteiger partial charge is 0.269 e. The molecule has 0 aromatic heterocycles. The Morgan fingerprint density at radius 3 is 2.50 bits per heavy atom. The van der Waals surface area contributed by atoms with Gasteiger partial charge in [0.25, 0.3) is 5.69 Å². The van der Waals surface area contributed by atoms with E-state index in [1.54, 1.807) is 12.1 Å². The SMILES string of the molecule is Cc1cc(Br)ccc1NC(=O)CNc1ccc([N+](=O)[O-])cc1. The number of anilines is 2. The number of benzene rings is 2. The molecule has 6 nitrogen and oxygen atoms in total. The quantitative estimate of drug-likeness (QED) is 0.626. The zero-order valence-corrected chi connectivity index (χ0v) is 13.4. The molecule has 7 heteroatoms. The van der Waals surface area contributed by atoms with Crippen LogP contribution in [0.15, 0.2) is 46.9 Å². The molecule has 0 saturated carbocycles. The van der Waals surface area contributed by atoms with Crippen LogP contribution in [0.4, 0.5) is 17.1 Å². The largest absolute Gasteiger partial charge is 0.376 e. The van der Waals surface area contributed by atoms with Crippen molar-refractivity contribution in [2.75, 3.05) is 17.2 Å². The fraction of sp³-hybridized carbons (Fsp3) is 0.133. The maximum atomic E-state index is 11.9. The zero-order valence-electron chi connectivity index (χ0n) is 11.8. The molecule has 22 heavy (non-hydrogen) atoms. The van der Waals surface area contributed by atoms with Crippen LogP contribution in [0, 0.1) is 17.0 Å². The van der Waals surface area contributed by atoms with Crippen molar-refractivity contribution in [3.05, 3.63) is 62.6 Å². The maximum Gasteiger partial charge on any atom is 0.269 e. The van der Waals surface area contributed by atoms with Gasteiger partial charge in [-0.2, -0.15) is 0 Å². The summed E-state index contributed by atoms with van der Waals surface area (Å²) in [7, 11) is 0. The first-order valence-electron chi connectivity index (χ1n) is 6.50. The molecule has 2 rings (SSSR count). The first kappa shape index (κ1) is 16.0. The van der Waals surface area contributed by atoms with Crippen molar-refractivity contribution in [1.82, 2.24) is 0 Å². The Morgan fingerprint density at radius 1 is 1.23 bits per heavy atom. The van der Waals surface area contributed by atoms with Crippen LogP contribution in [0.5, 0.6) is 0 Å². The molecule has 114 valence electrons. The summed E-state index contributed by atoms with van der Waals surface area (Å²) < 4.78 is 0.951. The minimum atomic E-state index is -0.465. The molecule has 0 heterocycles. The molecule has 2 aromatic rings. The van der Waals surface area contributed by atoms with Gasteiger partial charge in [-0.1, -0.05) is 15.9 Å². The van der Waals surface area contributed by atoms with Crippen molar-refractivity contribution in [2.24, 2.45) is 0 Å². The number of hydrogen-bond donors (Lipinski definition) is 2. The van der Waals surface area contributed by atoms with Crippen LogP contribution >= 0.6 is 15.9 Å². The summed E-state index contributed by atoms with van der Waals surface area (Å²) in [5.74, 6) is -0.191. The molecule has 0 atom stereocenters. The number of nitro benzene ring substituents is 1. The summed E-state index contributed by atoms with van der Waals surface area (Å²) in [6.07, 6.45) is 0. The summed E-state index contributed by atoms with van der Waals surface area (Å²) in [4.78, 5) is 22.0. The highest BCUT2D eigenvalue weighted by Gasteiger charge is 2.07. The number of amides is 1. The number of nitrogens with zero attached hydrogens (tertiary/aromatic N) is 1. The Morgan fingerprint density at radius 2 is 1.91 bits per heavy atom. The molecule has 0 unspecified atom stereocenters. The average molecular weight is 364 g/mol. The van der Waals surface area contributed by atoms with Crippen LogP contribution in [-0.2, 0) is 4.79 Å².